The van der Waals surface area contributed by atoms with Crippen LogP contribution in [0, 0.1) is 5.82 Å². The molecule has 1 N–H and O–H groups in total. The van der Waals surface area contributed by atoms with Gasteiger partial charge in [0.1, 0.15) is 11.9 Å². The van der Waals surface area contributed by atoms with E-state index >= 15 is 0 Å². The summed E-state index contributed by atoms with van der Waals surface area (Å²) in [6.45, 7) is 1.37. The summed E-state index contributed by atoms with van der Waals surface area (Å²) < 4.78 is 13.9. The molecule has 0 bridgehead atoms. The number of hydrogen-bond donors (Lipinski definition) is 1. The lowest BCUT2D eigenvalue weighted by Gasteiger charge is -2.28. The Morgan fingerprint density at radius 1 is 1.26 bits per heavy atom. The molecule has 104 valence electrons. The average molecular weight is 286 g/mol. The number of aliphatic carboxylic acids is 1. The number of carboxylic acids is 1. The molecule has 19 heavy (non-hydrogen) atoms. The van der Waals surface area contributed by atoms with E-state index in [2.05, 4.69) is 0 Å². The van der Waals surface area contributed by atoms with Gasteiger partial charge in [-0.3, -0.25) is 9.69 Å². The van der Waals surface area contributed by atoms with E-state index in [4.69, 9.17) is 11.6 Å². The molecule has 1 saturated heterocycles. The first kappa shape index (κ1) is 14.3. The zero-order valence-electron chi connectivity index (χ0n) is 10.6. The van der Waals surface area contributed by atoms with Crippen molar-refractivity contribution in [3.8, 4) is 0 Å². The minimum absolute atomic E-state index is 0.155. The van der Waals surface area contributed by atoms with Crippen molar-refractivity contribution in [3.05, 3.63) is 34.6 Å². The molecule has 1 unspecified atom stereocenters. The summed E-state index contributed by atoms with van der Waals surface area (Å²) in [5, 5.41) is 9.79. The standard InChI is InChI=1S/C14H17ClFNO2/c15-10-5-6-12(16)11(9-10)13(14(18)19)17-7-3-1-2-4-8-17/h5-6,9,13H,1-4,7-8H2,(H,18,19). The molecule has 0 saturated carbocycles. The lowest BCUT2D eigenvalue weighted by molar-refractivity contribution is -0.143. The SMILES string of the molecule is O=C(O)C(c1cc(Cl)ccc1F)N1CCCCCC1. The van der Waals surface area contributed by atoms with Crippen molar-refractivity contribution in [1.29, 1.82) is 0 Å². The van der Waals surface area contributed by atoms with Crippen molar-refractivity contribution in [2.45, 2.75) is 31.7 Å². The number of benzene rings is 1. The Hall–Kier alpha value is -1.13. The molecular weight excluding hydrogens is 269 g/mol. The minimum Gasteiger partial charge on any atom is -0.480 e. The summed E-state index contributed by atoms with van der Waals surface area (Å²) in [7, 11) is 0. The second kappa shape index (κ2) is 6.35. The maximum absolute atomic E-state index is 13.9. The Labute approximate surface area is 117 Å². The van der Waals surface area contributed by atoms with Gasteiger partial charge in [-0.15, -0.1) is 0 Å². The molecule has 0 amide bonds. The molecule has 1 heterocycles. The van der Waals surface area contributed by atoms with Gasteiger partial charge in [0.25, 0.3) is 0 Å². The van der Waals surface area contributed by atoms with Crippen LogP contribution in [0.1, 0.15) is 37.3 Å². The summed E-state index contributed by atoms with van der Waals surface area (Å²) in [5.41, 5.74) is 0.155. The van der Waals surface area contributed by atoms with Crippen LogP contribution in [0.5, 0.6) is 0 Å². The number of carbonyl (C=O) groups is 1. The second-order valence-electron chi connectivity index (χ2n) is 4.86. The summed E-state index contributed by atoms with van der Waals surface area (Å²) in [6.07, 6.45) is 4.10. The molecule has 1 atom stereocenters. The maximum Gasteiger partial charge on any atom is 0.325 e. The van der Waals surface area contributed by atoms with E-state index in [9.17, 15) is 14.3 Å². The lowest BCUT2D eigenvalue weighted by atomic mass is 10.0. The van der Waals surface area contributed by atoms with Gasteiger partial charge in [-0.1, -0.05) is 24.4 Å². The third-order valence-electron chi connectivity index (χ3n) is 3.49. The first-order chi connectivity index (χ1) is 9.09. The van der Waals surface area contributed by atoms with Gasteiger partial charge in [0.15, 0.2) is 0 Å². The van der Waals surface area contributed by atoms with Crippen LogP contribution in [-0.4, -0.2) is 29.1 Å². The first-order valence-corrected chi connectivity index (χ1v) is 6.89. The van der Waals surface area contributed by atoms with E-state index in [-0.39, 0.29) is 5.56 Å². The highest BCUT2D eigenvalue weighted by Crippen LogP contribution is 2.28. The predicted octanol–water partition coefficient (Wildman–Crippen LogP) is 3.48. The van der Waals surface area contributed by atoms with Crippen LogP contribution in [-0.2, 0) is 4.79 Å². The van der Waals surface area contributed by atoms with Crippen LogP contribution in [0.25, 0.3) is 0 Å². The van der Waals surface area contributed by atoms with E-state index in [1.165, 1.54) is 18.2 Å². The van der Waals surface area contributed by atoms with Crippen molar-refractivity contribution in [3.63, 3.8) is 0 Å². The zero-order chi connectivity index (χ0) is 13.8. The average Bonchev–Trinajstić information content (AvgIpc) is 2.62. The van der Waals surface area contributed by atoms with Crippen LogP contribution < -0.4 is 0 Å². The maximum atomic E-state index is 13.9. The van der Waals surface area contributed by atoms with Crippen molar-refractivity contribution in [2.75, 3.05) is 13.1 Å². The van der Waals surface area contributed by atoms with Gasteiger partial charge >= 0.3 is 5.97 Å². The molecule has 1 aliphatic rings. The number of carboxylic acid groups (broad SMARTS) is 1. The smallest absolute Gasteiger partial charge is 0.325 e. The Kier molecular flexibility index (Phi) is 4.77. The van der Waals surface area contributed by atoms with Crippen molar-refractivity contribution in [2.24, 2.45) is 0 Å². The van der Waals surface area contributed by atoms with E-state index in [0.717, 1.165) is 25.7 Å². The Bertz CT molecular complexity index is 459. The number of likely N-dealkylation sites (tertiary alicyclic amines) is 1. The van der Waals surface area contributed by atoms with Crippen LogP contribution in [0.2, 0.25) is 5.02 Å². The monoisotopic (exact) mass is 285 g/mol. The molecular formula is C14H17ClFNO2. The number of hydrogen-bond acceptors (Lipinski definition) is 2. The Morgan fingerprint density at radius 3 is 2.47 bits per heavy atom. The van der Waals surface area contributed by atoms with Gasteiger partial charge in [-0.05, 0) is 44.1 Å². The molecule has 2 rings (SSSR count). The molecule has 0 aliphatic carbocycles. The third kappa shape index (κ3) is 3.45. The molecule has 1 aromatic carbocycles. The molecule has 1 aromatic rings. The predicted molar refractivity (Wildman–Crippen MR) is 71.8 cm³/mol. The number of halogens is 2. The largest absolute Gasteiger partial charge is 0.480 e. The second-order valence-corrected chi connectivity index (χ2v) is 5.29. The fraction of sp³-hybridized carbons (Fsp3) is 0.500. The summed E-state index contributed by atoms with van der Waals surface area (Å²) in [6, 6.07) is 3.13. The van der Waals surface area contributed by atoms with Gasteiger partial charge in [-0.25, -0.2) is 4.39 Å². The molecule has 0 spiro atoms. The van der Waals surface area contributed by atoms with Gasteiger partial charge in [0, 0.05) is 10.6 Å². The van der Waals surface area contributed by atoms with Crippen molar-refractivity contribution in [1.82, 2.24) is 4.90 Å². The quantitative estimate of drug-likeness (QED) is 0.924. The van der Waals surface area contributed by atoms with E-state index in [1.54, 1.807) is 0 Å². The molecule has 5 heteroatoms. The molecule has 3 nitrogen and oxygen atoms in total. The topological polar surface area (TPSA) is 40.5 Å². The summed E-state index contributed by atoms with van der Waals surface area (Å²) in [4.78, 5) is 13.4. The normalized spacial score (nSPS) is 18.8. The van der Waals surface area contributed by atoms with Gasteiger partial charge in [-0.2, -0.15) is 0 Å². The van der Waals surface area contributed by atoms with Crippen molar-refractivity contribution < 1.29 is 14.3 Å². The Morgan fingerprint density at radius 2 is 1.89 bits per heavy atom. The minimum atomic E-state index is -1.02. The Balaban J connectivity index is 2.33. The number of rotatable bonds is 3. The first-order valence-electron chi connectivity index (χ1n) is 6.51. The van der Waals surface area contributed by atoms with Crippen LogP contribution >= 0.6 is 11.6 Å². The summed E-state index contributed by atoms with van der Waals surface area (Å²) in [5.74, 6) is -1.54. The third-order valence-corrected chi connectivity index (χ3v) is 3.73. The van der Waals surface area contributed by atoms with E-state index in [0.29, 0.717) is 18.1 Å². The fourth-order valence-electron chi connectivity index (χ4n) is 2.56. The highest BCUT2D eigenvalue weighted by molar-refractivity contribution is 6.30. The summed E-state index contributed by atoms with van der Waals surface area (Å²) >= 11 is 5.86. The van der Waals surface area contributed by atoms with Gasteiger partial charge < -0.3 is 5.11 Å². The van der Waals surface area contributed by atoms with Gasteiger partial charge in [0.05, 0.1) is 0 Å². The molecule has 0 aromatic heterocycles. The highest BCUT2D eigenvalue weighted by Gasteiger charge is 2.30. The molecule has 1 fully saturated rings. The zero-order valence-corrected chi connectivity index (χ0v) is 11.4. The van der Waals surface area contributed by atoms with Crippen LogP contribution in [0.4, 0.5) is 4.39 Å². The fourth-order valence-corrected chi connectivity index (χ4v) is 2.74. The van der Waals surface area contributed by atoms with E-state index < -0.39 is 17.8 Å². The van der Waals surface area contributed by atoms with Crippen LogP contribution in [0.3, 0.4) is 0 Å². The number of nitrogens with zero attached hydrogens (tertiary/aromatic N) is 1. The van der Waals surface area contributed by atoms with Crippen molar-refractivity contribution >= 4 is 17.6 Å². The highest BCUT2D eigenvalue weighted by atomic mass is 35.5. The molecule has 0 radical (unpaired) electrons. The van der Waals surface area contributed by atoms with E-state index in [1.807, 2.05) is 4.90 Å². The van der Waals surface area contributed by atoms with Crippen LogP contribution in [0.15, 0.2) is 18.2 Å². The van der Waals surface area contributed by atoms with Gasteiger partial charge in [0.2, 0.25) is 0 Å². The molecule has 1 aliphatic heterocycles. The lowest BCUT2D eigenvalue weighted by Crippen LogP contribution is -2.35.